The number of benzene rings is 1. The number of aromatic amines is 1. The van der Waals surface area contributed by atoms with Crippen LogP contribution >= 0.6 is 11.8 Å². The third-order valence-electron chi connectivity index (χ3n) is 4.15. The third kappa shape index (κ3) is 4.69. The summed E-state index contributed by atoms with van der Waals surface area (Å²) >= 11 is 0.894. The molecule has 0 aliphatic heterocycles. The minimum atomic E-state index is -1.06. The summed E-state index contributed by atoms with van der Waals surface area (Å²) in [5, 5.41) is 19.6. The van der Waals surface area contributed by atoms with Crippen molar-refractivity contribution in [2.45, 2.75) is 24.7 Å². The van der Waals surface area contributed by atoms with Gasteiger partial charge < -0.3 is 19.5 Å². The lowest BCUT2D eigenvalue weighted by atomic mass is 10.2. The smallest absolute Gasteiger partial charge is 0.329 e. The standard InChI is InChI=1S/C18H20N4O6S/c1-10-3-5-12(6-4-10)28-8-11(23)7-22-14-15(19-18(22)29-9-13(24)25)21(2)17(27)20-16(14)26/h3-6,11,23H,7-9H2,1-2H3,(H,24,25)(H,20,26,27)/t11-/m1/s1. The van der Waals surface area contributed by atoms with Crippen molar-refractivity contribution in [3.63, 3.8) is 0 Å². The summed E-state index contributed by atoms with van der Waals surface area (Å²) < 4.78 is 8.14. The highest BCUT2D eigenvalue weighted by atomic mass is 32.2. The van der Waals surface area contributed by atoms with Crippen LogP contribution in [0.4, 0.5) is 0 Å². The number of thioether (sulfide) groups is 1. The predicted molar refractivity (Wildman–Crippen MR) is 107 cm³/mol. The predicted octanol–water partition coefficient (Wildman–Crippen LogP) is 0.348. The number of H-pyrrole nitrogens is 1. The Hall–Kier alpha value is -3.05. The van der Waals surface area contributed by atoms with Crippen LogP contribution < -0.4 is 16.0 Å². The number of aliphatic hydroxyl groups is 1. The van der Waals surface area contributed by atoms with Crippen molar-refractivity contribution >= 4 is 28.9 Å². The van der Waals surface area contributed by atoms with Gasteiger partial charge in [0.15, 0.2) is 16.3 Å². The number of aliphatic carboxylic acids is 1. The number of hydrogen-bond donors (Lipinski definition) is 3. The monoisotopic (exact) mass is 420 g/mol. The number of nitrogens with one attached hydrogen (secondary N) is 1. The van der Waals surface area contributed by atoms with Crippen LogP contribution in [-0.2, 0) is 18.4 Å². The molecule has 3 N–H and O–H groups in total. The second kappa shape index (κ2) is 8.53. The van der Waals surface area contributed by atoms with E-state index in [1.165, 1.54) is 11.6 Å². The summed E-state index contributed by atoms with van der Waals surface area (Å²) in [5.74, 6) is -0.754. The summed E-state index contributed by atoms with van der Waals surface area (Å²) in [6, 6.07) is 7.32. The molecule has 0 unspecified atom stereocenters. The van der Waals surface area contributed by atoms with Gasteiger partial charge in [-0.15, -0.1) is 0 Å². The minimum Gasteiger partial charge on any atom is -0.491 e. The highest BCUT2D eigenvalue weighted by Gasteiger charge is 2.20. The first-order valence-electron chi connectivity index (χ1n) is 8.68. The van der Waals surface area contributed by atoms with Crippen molar-refractivity contribution in [3.05, 3.63) is 50.7 Å². The number of ether oxygens (including phenoxy) is 1. The number of imidazole rings is 1. The number of carboxylic acid groups (broad SMARTS) is 1. The summed E-state index contributed by atoms with van der Waals surface area (Å²) in [4.78, 5) is 41.6. The van der Waals surface area contributed by atoms with Crippen LogP contribution in [0.2, 0.25) is 0 Å². The molecular weight excluding hydrogens is 400 g/mol. The summed E-state index contributed by atoms with van der Waals surface area (Å²) in [6.07, 6.45) is -1.01. The maximum absolute atomic E-state index is 12.3. The normalized spacial score (nSPS) is 12.2. The first kappa shape index (κ1) is 20.7. The Balaban J connectivity index is 1.89. The minimum absolute atomic E-state index is 0.0462. The molecule has 0 radical (unpaired) electrons. The summed E-state index contributed by atoms with van der Waals surface area (Å²) in [6.45, 7) is 1.84. The van der Waals surface area contributed by atoms with Gasteiger partial charge in [-0.1, -0.05) is 29.5 Å². The Kier molecular flexibility index (Phi) is 6.09. The molecule has 2 aromatic heterocycles. The largest absolute Gasteiger partial charge is 0.491 e. The van der Waals surface area contributed by atoms with E-state index < -0.39 is 23.3 Å². The fourth-order valence-corrected chi connectivity index (χ4v) is 3.44. The average molecular weight is 420 g/mol. The van der Waals surface area contributed by atoms with Crippen LogP contribution in [0, 0.1) is 6.92 Å². The fourth-order valence-electron chi connectivity index (χ4n) is 2.71. The van der Waals surface area contributed by atoms with Crippen LogP contribution in [0.25, 0.3) is 11.2 Å². The molecule has 0 spiro atoms. The lowest BCUT2D eigenvalue weighted by Crippen LogP contribution is -2.30. The maximum atomic E-state index is 12.3. The Morgan fingerprint density at radius 3 is 2.66 bits per heavy atom. The molecule has 11 heteroatoms. The van der Waals surface area contributed by atoms with Gasteiger partial charge in [-0.3, -0.25) is 19.1 Å². The molecule has 0 amide bonds. The Labute approximate surface area is 168 Å². The first-order chi connectivity index (χ1) is 13.8. The summed E-state index contributed by atoms with van der Waals surface area (Å²) in [7, 11) is 1.44. The van der Waals surface area contributed by atoms with Crippen LogP contribution in [0.1, 0.15) is 5.56 Å². The van der Waals surface area contributed by atoms with E-state index in [1.54, 1.807) is 12.1 Å². The Morgan fingerprint density at radius 1 is 1.31 bits per heavy atom. The fraction of sp³-hybridized carbons (Fsp3) is 0.333. The van der Waals surface area contributed by atoms with Crippen molar-refractivity contribution in [2.24, 2.45) is 7.05 Å². The van der Waals surface area contributed by atoms with E-state index >= 15 is 0 Å². The zero-order chi connectivity index (χ0) is 21.1. The maximum Gasteiger partial charge on any atom is 0.329 e. The molecule has 1 atom stereocenters. The van der Waals surface area contributed by atoms with E-state index in [1.807, 2.05) is 19.1 Å². The van der Waals surface area contributed by atoms with E-state index in [0.717, 1.165) is 21.9 Å². The lowest BCUT2D eigenvalue weighted by molar-refractivity contribution is -0.133. The summed E-state index contributed by atoms with van der Waals surface area (Å²) in [5.41, 5.74) is -0.0324. The average Bonchev–Trinajstić information content (AvgIpc) is 3.03. The van der Waals surface area contributed by atoms with Crippen molar-refractivity contribution in [1.82, 2.24) is 19.1 Å². The van der Waals surface area contributed by atoms with Gasteiger partial charge >= 0.3 is 11.7 Å². The molecule has 154 valence electrons. The molecule has 0 bridgehead atoms. The van der Waals surface area contributed by atoms with Gasteiger partial charge in [0.1, 0.15) is 18.5 Å². The highest BCUT2D eigenvalue weighted by molar-refractivity contribution is 7.99. The van der Waals surface area contributed by atoms with E-state index in [0.29, 0.717) is 5.75 Å². The van der Waals surface area contributed by atoms with Crippen molar-refractivity contribution < 1.29 is 19.7 Å². The number of nitrogens with zero attached hydrogens (tertiary/aromatic N) is 3. The molecule has 0 saturated carbocycles. The highest BCUT2D eigenvalue weighted by Crippen LogP contribution is 2.22. The molecule has 10 nitrogen and oxygen atoms in total. The molecule has 0 fully saturated rings. The molecule has 1 aromatic carbocycles. The van der Waals surface area contributed by atoms with E-state index in [4.69, 9.17) is 9.84 Å². The lowest BCUT2D eigenvalue weighted by Gasteiger charge is -2.15. The van der Waals surface area contributed by atoms with Gasteiger partial charge in [-0.05, 0) is 19.1 Å². The zero-order valence-corrected chi connectivity index (χ0v) is 16.6. The van der Waals surface area contributed by atoms with Gasteiger partial charge in [-0.2, -0.15) is 0 Å². The van der Waals surface area contributed by atoms with Gasteiger partial charge in [0.05, 0.1) is 12.3 Å². The van der Waals surface area contributed by atoms with Crippen LogP contribution in [-0.4, -0.2) is 53.7 Å². The molecular formula is C18H20N4O6S. The quantitative estimate of drug-likeness (QED) is 0.444. The molecule has 3 aromatic rings. The SMILES string of the molecule is Cc1ccc(OC[C@H](O)Cn2c(SCC(=O)O)nc3c2c(=O)[nH]c(=O)n3C)cc1. The molecule has 2 heterocycles. The second-order valence-electron chi connectivity index (χ2n) is 6.46. The van der Waals surface area contributed by atoms with E-state index in [9.17, 15) is 19.5 Å². The van der Waals surface area contributed by atoms with E-state index in [2.05, 4.69) is 9.97 Å². The molecule has 29 heavy (non-hydrogen) atoms. The van der Waals surface area contributed by atoms with Gasteiger partial charge in [0.25, 0.3) is 5.56 Å². The Bertz CT molecular complexity index is 1150. The number of aryl methyl sites for hydroxylation is 2. The van der Waals surface area contributed by atoms with Crippen LogP contribution in [0.5, 0.6) is 5.75 Å². The first-order valence-corrected chi connectivity index (χ1v) is 9.66. The molecule has 3 rings (SSSR count). The van der Waals surface area contributed by atoms with Crippen molar-refractivity contribution in [2.75, 3.05) is 12.4 Å². The number of aromatic nitrogens is 4. The second-order valence-corrected chi connectivity index (χ2v) is 7.40. The molecule has 0 aliphatic rings. The van der Waals surface area contributed by atoms with Crippen LogP contribution in [0.3, 0.4) is 0 Å². The van der Waals surface area contributed by atoms with Crippen molar-refractivity contribution in [1.29, 1.82) is 0 Å². The molecule has 0 aliphatic carbocycles. The van der Waals surface area contributed by atoms with Gasteiger partial charge in [0.2, 0.25) is 0 Å². The zero-order valence-electron chi connectivity index (χ0n) is 15.8. The Morgan fingerprint density at radius 2 is 2.00 bits per heavy atom. The van der Waals surface area contributed by atoms with E-state index in [-0.39, 0.29) is 35.2 Å². The number of hydrogen-bond acceptors (Lipinski definition) is 7. The topological polar surface area (TPSA) is 139 Å². The third-order valence-corrected chi connectivity index (χ3v) is 5.11. The number of carbonyl (C=O) groups is 1. The van der Waals surface area contributed by atoms with Crippen LogP contribution in [0.15, 0.2) is 39.0 Å². The van der Waals surface area contributed by atoms with Gasteiger partial charge in [0, 0.05) is 7.05 Å². The number of carboxylic acids is 1. The molecule has 0 saturated heterocycles. The number of rotatable bonds is 8. The van der Waals surface area contributed by atoms with Gasteiger partial charge in [-0.25, -0.2) is 9.78 Å². The number of fused-ring (bicyclic) bond motifs is 1. The van der Waals surface area contributed by atoms with Crippen molar-refractivity contribution in [3.8, 4) is 5.75 Å². The number of aliphatic hydroxyl groups excluding tert-OH is 1.